The lowest BCUT2D eigenvalue weighted by Gasteiger charge is -2.34. The Kier molecular flexibility index (Phi) is 4.18. The fourth-order valence-corrected chi connectivity index (χ4v) is 2.51. The zero-order chi connectivity index (χ0) is 12.3. The summed E-state index contributed by atoms with van der Waals surface area (Å²) in [7, 11) is 0. The zero-order valence-electron chi connectivity index (χ0n) is 11.0. The summed E-state index contributed by atoms with van der Waals surface area (Å²) >= 11 is 0. The summed E-state index contributed by atoms with van der Waals surface area (Å²) < 4.78 is 2.02. The molecule has 2 rings (SSSR count). The van der Waals surface area contributed by atoms with Gasteiger partial charge in [0, 0.05) is 36.9 Å². The monoisotopic (exact) mass is 236 g/mol. The minimum atomic E-state index is 0.440. The van der Waals surface area contributed by atoms with Gasteiger partial charge in [-0.2, -0.15) is 5.10 Å². The molecule has 4 nitrogen and oxygen atoms in total. The van der Waals surface area contributed by atoms with E-state index < -0.39 is 0 Å². The molecule has 1 saturated heterocycles. The first-order valence-electron chi connectivity index (χ1n) is 6.68. The number of nitrogens with two attached hydrogens (primary N) is 1. The normalized spacial score (nSPS) is 22.2. The van der Waals surface area contributed by atoms with E-state index in [1.54, 1.807) is 0 Å². The fraction of sp³-hybridized carbons (Fsp3) is 0.769. The summed E-state index contributed by atoms with van der Waals surface area (Å²) in [6.07, 6.45) is 8.02. The number of nitrogens with zero attached hydrogens (tertiary/aromatic N) is 3. The molecule has 0 aromatic carbocycles. The van der Waals surface area contributed by atoms with Crippen molar-refractivity contribution in [2.45, 2.75) is 51.7 Å². The van der Waals surface area contributed by atoms with Crippen molar-refractivity contribution in [3.05, 3.63) is 18.0 Å². The van der Waals surface area contributed by atoms with Crippen LogP contribution in [0, 0.1) is 0 Å². The lowest BCUT2D eigenvalue weighted by atomic mass is 10.0. The smallest absolute Gasteiger partial charge is 0.0534 e. The van der Waals surface area contributed by atoms with Gasteiger partial charge in [-0.3, -0.25) is 9.58 Å². The van der Waals surface area contributed by atoms with Crippen LogP contribution in [0.1, 0.15) is 44.7 Å². The number of aromatic nitrogens is 2. The number of hydrogen-bond acceptors (Lipinski definition) is 3. The van der Waals surface area contributed by atoms with Gasteiger partial charge in [-0.15, -0.1) is 0 Å². The molecule has 0 saturated carbocycles. The summed E-state index contributed by atoms with van der Waals surface area (Å²) in [5, 5.41) is 4.39. The molecule has 1 fully saturated rings. The lowest BCUT2D eigenvalue weighted by molar-refractivity contribution is 0.145. The van der Waals surface area contributed by atoms with Gasteiger partial charge in [0.1, 0.15) is 0 Å². The molecule has 2 N–H and O–H groups in total. The van der Waals surface area contributed by atoms with Crippen molar-refractivity contribution in [2.24, 2.45) is 5.73 Å². The molecule has 96 valence electrons. The molecule has 1 aromatic rings. The molecule has 4 heteroatoms. The second kappa shape index (κ2) is 5.65. The van der Waals surface area contributed by atoms with Gasteiger partial charge < -0.3 is 5.73 Å². The molecule has 0 bridgehead atoms. The molecule has 0 amide bonds. The van der Waals surface area contributed by atoms with Gasteiger partial charge >= 0.3 is 0 Å². The first-order chi connectivity index (χ1) is 8.20. The van der Waals surface area contributed by atoms with Gasteiger partial charge in [-0.05, 0) is 33.2 Å². The highest BCUT2D eigenvalue weighted by Gasteiger charge is 2.21. The molecule has 1 aliphatic rings. The third-order valence-corrected chi connectivity index (χ3v) is 3.59. The summed E-state index contributed by atoms with van der Waals surface area (Å²) in [4.78, 5) is 2.51. The van der Waals surface area contributed by atoms with E-state index in [0.717, 1.165) is 13.1 Å². The molecule has 17 heavy (non-hydrogen) atoms. The van der Waals surface area contributed by atoms with Crippen LogP contribution in [0.4, 0.5) is 0 Å². The Balaban J connectivity index is 1.98. The van der Waals surface area contributed by atoms with Crippen LogP contribution in [0.5, 0.6) is 0 Å². The molecule has 1 atom stereocenters. The predicted molar refractivity (Wildman–Crippen MR) is 69.7 cm³/mol. The third-order valence-electron chi connectivity index (χ3n) is 3.59. The first-order valence-corrected chi connectivity index (χ1v) is 6.68. The Hall–Kier alpha value is -0.870. The highest BCUT2D eigenvalue weighted by atomic mass is 15.3. The van der Waals surface area contributed by atoms with Crippen LogP contribution in [0.25, 0.3) is 0 Å². The standard InChI is InChI=1S/C13H24N4/c1-11(2)17-10-12(8-15-17)9-16-6-4-3-5-13(16)7-14/h8,10-11,13H,3-7,9,14H2,1-2H3. The largest absolute Gasteiger partial charge is 0.329 e. The molecule has 0 spiro atoms. The van der Waals surface area contributed by atoms with E-state index in [4.69, 9.17) is 5.73 Å². The molecule has 1 aromatic heterocycles. The molecule has 1 unspecified atom stereocenters. The number of rotatable bonds is 4. The highest BCUT2D eigenvalue weighted by Crippen LogP contribution is 2.19. The number of hydrogen-bond donors (Lipinski definition) is 1. The first kappa shape index (κ1) is 12.6. The Morgan fingerprint density at radius 1 is 1.47 bits per heavy atom. The average molecular weight is 236 g/mol. The Morgan fingerprint density at radius 2 is 2.29 bits per heavy atom. The molecule has 0 aliphatic carbocycles. The van der Waals surface area contributed by atoms with Crippen molar-refractivity contribution in [3.8, 4) is 0 Å². The third kappa shape index (κ3) is 3.07. The van der Waals surface area contributed by atoms with Crippen molar-refractivity contribution in [3.63, 3.8) is 0 Å². The van der Waals surface area contributed by atoms with Crippen LogP contribution in [0.15, 0.2) is 12.4 Å². The number of likely N-dealkylation sites (tertiary alicyclic amines) is 1. The van der Waals surface area contributed by atoms with Crippen molar-refractivity contribution in [1.82, 2.24) is 14.7 Å². The van der Waals surface area contributed by atoms with Crippen LogP contribution in [-0.2, 0) is 6.54 Å². The maximum atomic E-state index is 5.84. The Morgan fingerprint density at radius 3 is 2.94 bits per heavy atom. The van der Waals surface area contributed by atoms with Crippen molar-refractivity contribution in [1.29, 1.82) is 0 Å². The molecular weight excluding hydrogens is 212 g/mol. The average Bonchev–Trinajstić information content (AvgIpc) is 2.78. The van der Waals surface area contributed by atoms with Crippen molar-refractivity contribution in [2.75, 3.05) is 13.1 Å². The second-order valence-electron chi connectivity index (χ2n) is 5.28. The molecule has 2 heterocycles. The molecule has 1 aliphatic heterocycles. The quantitative estimate of drug-likeness (QED) is 0.867. The summed E-state index contributed by atoms with van der Waals surface area (Å²) in [5.74, 6) is 0. The van der Waals surface area contributed by atoms with E-state index >= 15 is 0 Å². The van der Waals surface area contributed by atoms with Gasteiger partial charge in [0.25, 0.3) is 0 Å². The predicted octanol–water partition coefficient (Wildman–Crippen LogP) is 1.78. The van der Waals surface area contributed by atoms with Gasteiger partial charge in [0.05, 0.1) is 6.20 Å². The molecular formula is C13H24N4. The zero-order valence-corrected chi connectivity index (χ0v) is 11.0. The minimum Gasteiger partial charge on any atom is -0.329 e. The maximum Gasteiger partial charge on any atom is 0.0534 e. The van der Waals surface area contributed by atoms with Crippen LogP contribution >= 0.6 is 0 Å². The fourth-order valence-electron chi connectivity index (χ4n) is 2.51. The summed E-state index contributed by atoms with van der Waals surface area (Å²) in [6.45, 7) is 7.25. The van der Waals surface area contributed by atoms with E-state index in [-0.39, 0.29) is 0 Å². The maximum absolute atomic E-state index is 5.84. The topological polar surface area (TPSA) is 47.1 Å². The second-order valence-corrected chi connectivity index (χ2v) is 5.28. The van der Waals surface area contributed by atoms with Crippen LogP contribution in [-0.4, -0.2) is 33.8 Å². The molecule has 0 radical (unpaired) electrons. The van der Waals surface area contributed by atoms with Gasteiger partial charge in [0.15, 0.2) is 0 Å². The van der Waals surface area contributed by atoms with Crippen LogP contribution in [0.2, 0.25) is 0 Å². The van der Waals surface area contributed by atoms with E-state index in [9.17, 15) is 0 Å². The summed E-state index contributed by atoms with van der Waals surface area (Å²) in [5.41, 5.74) is 7.14. The van der Waals surface area contributed by atoms with E-state index in [1.807, 2.05) is 10.9 Å². The van der Waals surface area contributed by atoms with E-state index in [1.165, 1.54) is 31.4 Å². The minimum absolute atomic E-state index is 0.440. The van der Waals surface area contributed by atoms with Gasteiger partial charge in [-0.1, -0.05) is 6.42 Å². The van der Waals surface area contributed by atoms with Crippen LogP contribution < -0.4 is 5.73 Å². The van der Waals surface area contributed by atoms with Crippen molar-refractivity contribution >= 4 is 0 Å². The van der Waals surface area contributed by atoms with E-state index in [2.05, 4.69) is 30.0 Å². The van der Waals surface area contributed by atoms with Gasteiger partial charge in [-0.25, -0.2) is 0 Å². The summed E-state index contributed by atoms with van der Waals surface area (Å²) in [6, 6.07) is 1.00. The lowest BCUT2D eigenvalue weighted by Crippen LogP contribution is -2.43. The number of piperidine rings is 1. The van der Waals surface area contributed by atoms with Crippen LogP contribution in [0.3, 0.4) is 0 Å². The van der Waals surface area contributed by atoms with Crippen molar-refractivity contribution < 1.29 is 0 Å². The Bertz CT molecular complexity index is 345. The highest BCUT2D eigenvalue weighted by molar-refractivity contribution is 5.05. The van der Waals surface area contributed by atoms with E-state index in [0.29, 0.717) is 12.1 Å². The van der Waals surface area contributed by atoms with Gasteiger partial charge in [0.2, 0.25) is 0 Å². The SMILES string of the molecule is CC(C)n1cc(CN2CCCCC2CN)cn1. The Labute approximate surface area is 104 Å².